The summed E-state index contributed by atoms with van der Waals surface area (Å²) in [5.41, 5.74) is -0.998. The van der Waals surface area contributed by atoms with Gasteiger partial charge in [0, 0.05) is 67.5 Å². The first-order chi connectivity index (χ1) is 20.0. The highest BCUT2D eigenvalue weighted by Crippen LogP contribution is 2.51. The molecule has 220 valence electrons. The van der Waals surface area contributed by atoms with Gasteiger partial charge in [-0.05, 0) is 24.3 Å². The molecular weight excluding hydrogens is 576 g/mol. The molecule has 1 fully saturated rings. The Bertz CT molecular complexity index is 1810. The van der Waals surface area contributed by atoms with Crippen LogP contribution in [0, 0.1) is 5.82 Å². The van der Waals surface area contributed by atoms with Gasteiger partial charge >= 0.3 is 11.9 Å². The van der Waals surface area contributed by atoms with Crippen LogP contribution in [-0.2, 0) is 22.8 Å². The largest absolute Gasteiger partial charge is 0.417 e. The monoisotopic (exact) mass is 602 g/mol. The van der Waals surface area contributed by atoms with Crippen molar-refractivity contribution in [3.63, 3.8) is 0 Å². The molecule has 2 aromatic carbocycles. The molecule has 0 radical (unpaired) electrons. The predicted molar refractivity (Wildman–Crippen MR) is 151 cm³/mol. The van der Waals surface area contributed by atoms with Gasteiger partial charge in [-0.15, -0.1) is 11.8 Å². The Morgan fingerprint density at radius 1 is 1.19 bits per heavy atom. The summed E-state index contributed by atoms with van der Waals surface area (Å²) in [5.74, 6) is -0.458. The second-order valence-electron chi connectivity index (χ2n) is 10.2. The first kappa shape index (κ1) is 28.2. The summed E-state index contributed by atoms with van der Waals surface area (Å²) in [5, 5.41) is 4.36. The average Bonchev–Trinajstić information content (AvgIpc) is 3.37. The number of benzene rings is 2. The van der Waals surface area contributed by atoms with E-state index >= 15 is 0 Å². The van der Waals surface area contributed by atoms with Crippen LogP contribution in [0.3, 0.4) is 0 Å². The van der Waals surface area contributed by atoms with Gasteiger partial charge in [0.25, 0.3) is 0 Å². The van der Waals surface area contributed by atoms with Crippen LogP contribution in [0.25, 0.3) is 32.9 Å². The SMILES string of the molecule is C=CC(=O)N1CCN(c2nc(=O)n3c4c(c(-c5ccc(F)c6cnn(C)c56)c(C(F)(F)F)cc24)SC[C@@H]3COC)CC1. The quantitative estimate of drug-likeness (QED) is 0.250. The number of aromatic nitrogens is 4. The highest BCUT2D eigenvalue weighted by molar-refractivity contribution is 7.99. The van der Waals surface area contributed by atoms with Crippen LogP contribution in [0.4, 0.5) is 23.4 Å². The smallest absolute Gasteiger partial charge is 0.383 e. The molecule has 2 aromatic heterocycles. The molecule has 4 aromatic rings. The molecule has 42 heavy (non-hydrogen) atoms. The van der Waals surface area contributed by atoms with Crippen LogP contribution in [-0.4, -0.2) is 75.8 Å². The van der Waals surface area contributed by atoms with Crippen LogP contribution in [0.2, 0.25) is 0 Å². The molecule has 4 heterocycles. The van der Waals surface area contributed by atoms with Gasteiger partial charge in [-0.2, -0.15) is 23.3 Å². The standard InChI is InChI=1S/C28H26F4N6O3S/c1-4-21(39)36-7-9-37(10-8-36)26-17-11-19(28(30,31)32)22(16-5-6-20(29)18-12-33-35(2)23(16)18)25-24(17)38(27(40)34-26)15(13-41-3)14-42-25/h4-6,11-12,15H,1,7-10,13-14H2,2-3H3/t15-/m0/s1. The number of hydrogen-bond donors (Lipinski definition) is 0. The number of hydrogen-bond acceptors (Lipinski definition) is 7. The summed E-state index contributed by atoms with van der Waals surface area (Å²) in [7, 11) is 3.03. The summed E-state index contributed by atoms with van der Waals surface area (Å²) in [6.07, 6.45) is -2.30. The number of aryl methyl sites for hydroxylation is 1. The number of halogens is 4. The lowest BCUT2D eigenvalue weighted by Gasteiger charge is -2.36. The Hall–Kier alpha value is -3.91. The van der Waals surface area contributed by atoms with Gasteiger partial charge in [-0.1, -0.05) is 6.58 Å². The maximum Gasteiger partial charge on any atom is 0.417 e. The number of thioether (sulfide) groups is 1. The number of carbonyl (C=O) groups excluding carboxylic acids is 1. The third-order valence-corrected chi connectivity index (χ3v) is 9.01. The van der Waals surface area contributed by atoms with Crippen molar-refractivity contribution in [1.29, 1.82) is 0 Å². The number of anilines is 1. The summed E-state index contributed by atoms with van der Waals surface area (Å²) >= 11 is 1.20. The summed E-state index contributed by atoms with van der Waals surface area (Å²) in [6, 6.07) is 3.02. The van der Waals surface area contributed by atoms with Crippen molar-refractivity contribution in [2.24, 2.45) is 7.05 Å². The number of nitrogens with zero attached hydrogens (tertiary/aromatic N) is 6. The van der Waals surface area contributed by atoms with Crippen LogP contribution in [0.1, 0.15) is 11.6 Å². The summed E-state index contributed by atoms with van der Waals surface area (Å²) in [4.78, 5) is 33.6. The van der Waals surface area contributed by atoms with Crippen molar-refractivity contribution in [1.82, 2.24) is 24.2 Å². The number of ether oxygens (including phenoxy) is 1. The van der Waals surface area contributed by atoms with E-state index in [4.69, 9.17) is 4.74 Å². The molecule has 9 nitrogen and oxygen atoms in total. The fraction of sp³-hybridized carbons (Fsp3) is 0.357. The lowest BCUT2D eigenvalue weighted by atomic mass is 9.94. The average molecular weight is 603 g/mol. The molecule has 2 aliphatic heterocycles. The van der Waals surface area contributed by atoms with Crippen molar-refractivity contribution in [2.75, 3.05) is 50.5 Å². The lowest BCUT2D eigenvalue weighted by molar-refractivity contribution is -0.137. The number of carbonyl (C=O) groups is 1. The predicted octanol–water partition coefficient (Wildman–Crippen LogP) is 4.24. The highest BCUT2D eigenvalue weighted by atomic mass is 32.2. The van der Waals surface area contributed by atoms with E-state index in [2.05, 4.69) is 16.7 Å². The van der Waals surface area contributed by atoms with Crippen molar-refractivity contribution in [3.8, 4) is 11.1 Å². The van der Waals surface area contributed by atoms with E-state index in [9.17, 15) is 27.2 Å². The minimum atomic E-state index is -4.80. The van der Waals surface area contributed by atoms with Crippen molar-refractivity contribution < 1.29 is 27.1 Å². The molecule has 2 aliphatic rings. The molecular formula is C28H26F4N6O3S. The second-order valence-corrected chi connectivity index (χ2v) is 11.2. The van der Waals surface area contributed by atoms with E-state index in [0.717, 1.165) is 12.1 Å². The first-order valence-electron chi connectivity index (χ1n) is 13.1. The molecule has 6 rings (SSSR count). The van der Waals surface area contributed by atoms with Gasteiger partial charge in [0.05, 0.1) is 40.8 Å². The zero-order valence-electron chi connectivity index (χ0n) is 22.7. The number of rotatable bonds is 5. The number of fused-ring (bicyclic) bond motifs is 1. The number of amides is 1. The van der Waals surface area contributed by atoms with Gasteiger partial charge < -0.3 is 14.5 Å². The van der Waals surface area contributed by atoms with E-state index in [1.165, 1.54) is 46.5 Å². The van der Waals surface area contributed by atoms with E-state index < -0.39 is 29.3 Å². The zero-order valence-corrected chi connectivity index (χ0v) is 23.6. The summed E-state index contributed by atoms with van der Waals surface area (Å²) < 4.78 is 67.7. The molecule has 1 atom stereocenters. The summed E-state index contributed by atoms with van der Waals surface area (Å²) in [6.45, 7) is 4.79. The highest BCUT2D eigenvalue weighted by Gasteiger charge is 2.40. The second kappa shape index (κ2) is 10.4. The van der Waals surface area contributed by atoms with Crippen LogP contribution < -0.4 is 10.6 Å². The van der Waals surface area contributed by atoms with Gasteiger partial charge in [0.15, 0.2) is 0 Å². The van der Waals surface area contributed by atoms with Crippen LogP contribution >= 0.6 is 11.8 Å². The van der Waals surface area contributed by atoms with Crippen molar-refractivity contribution >= 4 is 45.3 Å². The van der Waals surface area contributed by atoms with Gasteiger partial charge in [0.2, 0.25) is 5.91 Å². The number of piperazine rings is 1. The van der Waals surface area contributed by atoms with Gasteiger partial charge in [-0.25, -0.2) is 9.18 Å². The molecule has 0 N–H and O–H groups in total. The molecule has 0 bridgehead atoms. The molecule has 1 saturated heterocycles. The fourth-order valence-corrected chi connectivity index (χ4v) is 7.18. The Labute approximate surface area is 241 Å². The molecule has 0 aliphatic carbocycles. The van der Waals surface area contributed by atoms with Crippen LogP contribution in [0.5, 0.6) is 0 Å². The van der Waals surface area contributed by atoms with Crippen LogP contribution in [0.15, 0.2) is 46.7 Å². The Kier molecular flexibility index (Phi) is 7.00. The van der Waals surface area contributed by atoms with E-state index in [1.807, 2.05) is 0 Å². The van der Waals surface area contributed by atoms with Gasteiger partial charge in [-0.3, -0.25) is 14.0 Å². The van der Waals surface area contributed by atoms with E-state index in [-0.39, 0.29) is 69.5 Å². The Balaban J connectivity index is 1.68. The first-order valence-corrected chi connectivity index (χ1v) is 14.1. The minimum absolute atomic E-state index is 0.0910. The maximum atomic E-state index is 15.0. The molecule has 0 spiro atoms. The number of methoxy groups -OCH3 is 1. The Morgan fingerprint density at radius 3 is 2.60 bits per heavy atom. The Morgan fingerprint density at radius 2 is 1.93 bits per heavy atom. The van der Waals surface area contributed by atoms with Crippen molar-refractivity contribution in [3.05, 3.63) is 58.9 Å². The van der Waals surface area contributed by atoms with E-state index in [1.54, 1.807) is 16.8 Å². The molecule has 1 amide bonds. The maximum absolute atomic E-state index is 15.0. The third kappa shape index (κ3) is 4.44. The third-order valence-electron chi connectivity index (χ3n) is 7.78. The number of alkyl halides is 3. The van der Waals surface area contributed by atoms with Crippen molar-refractivity contribution in [2.45, 2.75) is 17.1 Å². The zero-order chi connectivity index (χ0) is 29.9. The minimum Gasteiger partial charge on any atom is -0.383 e. The van der Waals surface area contributed by atoms with Gasteiger partial charge in [0.1, 0.15) is 11.6 Å². The molecule has 0 saturated carbocycles. The lowest BCUT2D eigenvalue weighted by Crippen LogP contribution is -2.49. The molecule has 0 unspecified atom stereocenters. The normalized spacial score (nSPS) is 17.3. The fourth-order valence-electron chi connectivity index (χ4n) is 5.86. The molecule has 14 heteroatoms. The topological polar surface area (TPSA) is 85.5 Å². The van der Waals surface area contributed by atoms with E-state index in [0.29, 0.717) is 18.6 Å².